The van der Waals surface area contributed by atoms with E-state index in [-0.39, 0.29) is 6.61 Å². The Bertz CT molecular complexity index is 540. The van der Waals surface area contributed by atoms with Crippen LogP contribution < -0.4 is 5.32 Å². The summed E-state index contributed by atoms with van der Waals surface area (Å²) in [6.07, 6.45) is 4.60. The van der Waals surface area contributed by atoms with Gasteiger partial charge in [0.05, 0.1) is 25.5 Å². The lowest BCUT2D eigenvalue weighted by atomic mass is 10.1. The van der Waals surface area contributed by atoms with E-state index < -0.39 is 6.10 Å². The number of ether oxygens (including phenoxy) is 1. The van der Waals surface area contributed by atoms with Crippen LogP contribution in [0.15, 0.2) is 29.1 Å². The van der Waals surface area contributed by atoms with Crippen LogP contribution in [0.4, 0.5) is 0 Å². The molecule has 2 N–H and O–H groups in total. The molecule has 0 aromatic carbocycles. The molecule has 3 rings (SSSR count). The molecule has 7 heteroatoms. The Balaban J connectivity index is 1.33. The molecule has 114 valence electrons. The second-order valence-electron chi connectivity index (χ2n) is 5.25. The highest BCUT2D eigenvalue weighted by Crippen LogP contribution is 2.11. The van der Waals surface area contributed by atoms with Crippen molar-refractivity contribution in [3.8, 4) is 0 Å². The van der Waals surface area contributed by atoms with Crippen LogP contribution in [-0.4, -0.2) is 45.2 Å². The lowest BCUT2D eigenvalue weighted by Gasteiger charge is -2.24. The number of aromatic nitrogens is 3. The van der Waals surface area contributed by atoms with Gasteiger partial charge >= 0.3 is 0 Å². The summed E-state index contributed by atoms with van der Waals surface area (Å²) in [6, 6.07) is 3.99. The van der Waals surface area contributed by atoms with Gasteiger partial charge in [0.25, 0.3) is 0 Å². The summed E-state index contributed by atoms with van der Waals surface area (Å²) in [5, 5.41) is 17.4. The Morgan fingerprint density at radius 2 is 2.52 bits per heavy atom. The highest BCUT2D eigenvalue weighted by Gasteiger charge is 2.20. The normalized spacial score (nSPS) is 19.4. The molecule has 0 amide bonds. The summed E-state index contributed by atoms with van der Waals surface area (Å²) in [5.74, 6) is 1.80. The number of fused-ring (bicyclic) bond motifs is 1. The van der Waals surface area contributed by atoms with Crippen molar-refractivity contribution < 1.29 is 14.3 Å². The Hall–Kier alpha value is -1.70. The Kier molecular flexibility index (Phi) is 4.64. The second kappa shape index (κ2) is 6.84. The van der Waals surface area contributed by atoms with Gasteiger partial charge in [-0.15, -0.1) is 0 Å². The molecular weight excluding hydrogens is 272 g/mol. The van der Waals surface area contributed by atoms with Gasteiger partial charge in [-0.2, -0.15) is 5.10 Å². The smallest absolute Gasteiger partial charge is 0.138 e. The van der Waals surface area contributed by atoms with Crippen molar-refractivity contribution >= 4 is 0 Å². The molecule has 3 heterocycles. The molecule has 2 aromatic rings. The minimum Gasteiger partial charge on any atom is -0.467 e. The zero-order valence-electron chi connectivity index (χ0n) is 11.8. The van der Waals surface area contributed by atoms with Gasteiger partial charge in [-0.3, -0.25) is 0 Å². The van der Waals surface area contributed by atoms with E-state index in [9.17, 15) is 5.11 Å². The van der Waals surface area contributed by atoms with Gasteiger partial charge in [0.2, 0.25) is 0 Å². The summed E-state index contributed by atoms with van der Waals surface area (Å²) < 4.78 is 12.5. The molecule has 2 aromatic heterocycles. The average molecular weight is 292 g/mol. The van der Waals surface area contributed by atoms with Crippen molar-refractivity contribution in [2.24, 2.45) is 0 Å². The Morgan fingerprint density at radius 1 is 1.57 bits per heavy atom. The first kappa shape index (κ1) is 14.2. The summed E-state index contributed by atoms with van der Waals surface area (Å²) in [4.78, 5) is 4.20. The van der Waals surface area contributed by atoms with E-state index in [1.165, 1.54) is 0 Å². The quantitative estimate of drug-likeness (QED) is 0.766. The van der Waals surface area contributed by atoms with Gasteiger partial charge < -0.3 is 19.6 Å². The van der Waals surface area contributed by atoms with Crippen molar-refractivity contribution in [1.82, 2.24) is 20.1 Å². The molecule has 0 saturated heterocycles. The second-order valence-corrected chi connectivity index (χ2v) is 5.25. The zero-order chi connectivity index (χ0) is 14.5. The van der Waals surface area contributed by atoms with Crippen LogP contribution in [0.25, 0.3) is 0 Å². The van der Waals surface area contributed by atoms with E-state index in [2.05, 4.69) is 15.4 Å². The number of aliphatic hydroxyl groups excluding tert-OH is 1. The highest BCUT2D eigenvalue weighted by atomic mass is 16.5. The van der Waals surface area contributed by atoms with E-state index in [0.29, 0.717) is 19.2 Å². The van der Waals surface area contributed by atoms with Gasteiger partial charge in [-0.25, -0.2) is 9.67 Å². The molecule has 0 bridgehead atoms. The fourth-order valence-corrected chi connectivity index (χ4v) is 2.46. The van der Waals surface area contributed by atoms with E-state index in [1.807, 2.05) is 16.8 Å². The fraction of sp³-hybridized carbons (Fsp3) is 0.571. The van der Waals surface area contributed by atoms with Crippen molar-refractivity contribution in [2.45, 2.75) is 38.1 Å². The standard InChI is InChI=1S/C14H20N4O3/c19-12(8-20-9-13-2-1-5-21-13)6-15-11-3-4-14-16-10-17-18(14)7-11/h1-2,5,10-12,15,19H,3-4,6-9H2/t11-,12+/m0/s1. The lowest BCUT2D eigenvalue weighted by molar-refractivity contribution is 0.0209. The maximum absolute atomic E-state index is 9.91. The molecular formula is C14H20N4O3. The third-order valence-electron chi connectivity index (χ3n) is 3.58. The van der Waals surface area contributed by atoms with Gasteiger partial charge in [0, 0.05) is 19.0 Å². The number of furan rings is 1. The SMILES string of the molecule is O[C@H](CN[C@H]1CCc2ncnn2C1)COCc1ccco1. The largest absolute Gasteiger partial charge is 0.467 e. The molecule has 0 fully saturated rings. The predicted molar refractivity (Wildman–Crippen MR) is 74.5 cm³/mol. The van der Waals surface area contributed by atoms with Gasteiger partial charge in [-0.05, 0) is 18.6 Å². The molecule has 0 unspecified atom stereocenters. The molecule has 21 heavy (non-hydrogen) atoms. The minimum atomic E-state index is -0.530. The van der Waals surface area contributed by atoms with Crippen LogP contribution in [0.2, 0.25) is 0 Å². The molecule has 1 aliphatic heterocycles. The highest BCUT2D eigenvalue weighted by molar-refractivity contribution is 4.96. The van der Waals surface area contributed by atoms with E-state index in [4.69, 9.17) is 9.15 Å². The number of hydrogen-bond donors (Lipinski definition) is 2. The number of aryl methyl sites for hydroxylation is 1. The first-order valence-corrected chi connectivity index (χ1v) is 7.19. The molecule has 0 radical (unpaired) electrons. The van der Waals surface area contributed by atoms with Crippen molar-refractivity contribution in [1.29, 1.82) is 0 Å². The van der Waals surface area contributed by atoms with Crippen molar-refractivity contribution in [3.05, 3.63) is 36.3 Å². The summed E-state index contributed by atoms with van der Waals surface area (Å²) >= 11 is 0. The minimum absolute atomic E-state index is 0.287. The molecule has 0 spiro atoms. The van der Waals surface area contributed by atoms with E-state index in [1.54, 1.807) is 12.6 Å². The fourth-order valence-electron chi connectivity index (χ4n) is 2.46. The topological polar surface area (TPSA) is 85.3 Å². The Morgan fingerprint density at radius 3 is 3.38 bits per heavy atom. The van der Waals surface area contributed by atoms with Crippen LogP contribution in [0, 0.1) is 0 Å². The molecule has 0 aliphatic carbocycles. The van der Waals surface area contributed by atoms with Crippen LogP contribution >= 0.6 is 0 Å². The number of rotatable bonds is 7. The van der Waals surface area contributed by atoms with Gasteiger partial charge in [0.15, 0.2) is 0 Å². The monoisotopic (exact) mass is 292 g/mol. The Labute approximate surface area is 122 Å². The van der Waals surface area contributed by atoms with Crippen LogP contribution in [0.1, 0.15) is 18.0 Å². The number of aliphatic hydroxyl groups is 1. The molecule has 0 saturated carbocycles. The van der Waals surface area contributed by atoms with Crippen LogP contribution in [-0.2, 0) is 24.3 Å². The summed E-state index contributed by atoms with van der Waals surface area (Å²) in [6.45, 7) is 1.98. The first-order valence-electron chi connectivity index (χ1n) is 7.19. The number of nitrogens with zero attached hydrogens (tertiary/aromatic N) is 3. The lowest BCUT2D eigenvalue weighted by Crippen LogP contribution is -2.42. The van der Waals surface area contributed by atoms with E-state index >= 15 is 0 Å². The maximum Gasteiger partial charge on any atom is 0.138 e. The molecule has 2 atom stereocenters. The molecule has 7 nitrogen and oxygen atoms in total. The van der Waals surface area contributed by atoms with Crippen LogP contribution in [0.3, 0.4) is 0 Å². The third kappa shape index (κ3) is 3.90. The first-order chi connectivity index (χ1) is 10.3. The number of hydrogen-bond acceptors (Lipinski definition) is 6. The summed E-state index contributed by atoms with van der Waals surface area (Å²) in [5.41, 5.74) is 0. The maximum atomic E-state index is 9.91. The van der Waals surface area contributed by atoms with Gasteiger partial charge in [0.1, 0.15) is 24.5 Å². The van der Waals surface area contributed by atoms with E-state index in [0.717, 1.165) is 31.0 Å². The summed E-state index contributed by atoms with van der Waals surface area (Å²) in [7, 11) is 0. The zero-order valence-corrected chi connectivity index (χ0v) is 11.8. The predicted octanol–water partition coefficient (Wildman–Crippen LogP) is 0.353. The molecule has 1 aliphatic rings. The van der Waals surface area contributed by atoms with Crippen molar-refractivity contribution in [2.75, 3.05) is 13.2 Å². The van der Waals surface area contributed by atoms with Gasteiger partial charge in [-0.1, -0.05) is 0 Å². The third-order valence-corrected chi connectivity index (χ3v) is 3.58. The average Bonchev–Trinajstić information content (AvgIpc) is 3.15. The van der Waals surface area contributed by atoms with Crippen molar-refractivity contribution in [3.63, 3.8) is 0 Å². The number of nitrogens with one attached hydrogen (secondary N) is 1. The van der Waals surface area contributed by atoms with Crippen LogP contribution in [0.5, 0.6) is 0 Å².